The standard InChI is InChI=1S/C27H24Cl2N4O4S3/c1-16-4-5-18(29)13-22(16)31-25(34)15-38-27-32-21-11-8-19(14-24(21)39-27)30-26(35)23-3-2-12-33(23)40(36,37)20-9-6-17(28)7-10-20/h4-11,13-14,23H,2-3,12,15H2,1H3,(H,30,35)(H,31,34)/t23-/m0/s1. The van der Waals surface area contributed by atoms with Crippen molar-refractivity contribution in [2.75, 3.05) is 22.9 Å². The van der Waals surface area contributed by atoms with E-state index in [-0.39, 0.29) is 29.0 Å². The van der Waals surface area contributed by atoms with Crippen molar-refractivity contribution in [2.45, 2.75) is 35.0 Å². The second kappa shape index (κ2) is 12.1. The van der Waals surface area contributed by atoms with E-state index in [2.05, 4.69) is 15.6 Å². The van der Waals surface area contributed by atoms with Crippen molar-refractivity contribution in [1.82, 2.24) is 9.29 Å². The number of hydrogen-bond acceptors (Lipinski definition) is 7. The van der Waals surface area contributed by atoms with Crippen LogP contribution in [0.3, 0.4) is 0 Å². The molecule has 0 radical (unpaired) electrons. The van der Waals surface area contributed by atoms with Gasteiger partial charge in [0.15, 0.2) is 4.34 Å². The van der Waals surface area contributed by atoms with Crippen molar-refractivity contribution < 1.29 is 18.0 Å². The average Bonchev–Trinajstić information content (AvgIpc) is 3.57. The summed E-state index contributed by atoms with van der Waals surface area (Å²) in [6.45, 7) is 2.16. The first-order valence-corrected chi connectivity index (χ1v) is 16.3. The van der Waals surface area contributed by atoms with Gasteiger partial charge in [-0.2, -0.15) is 4.31 Å². The van der Waals surface area contributed by atoms with Gasteiger partial charge in [-0.1, -0.05) is 41.0 Å². The Labute approximate surface area is 250 Å². The number of rotatable bonds is 8. The highest BCUT2D eigenvalue weighted by Crippen LogP contribution is 2.33. The Bertz CT molecular complexity index is 1690. The number of aromatic nitrogens is 1. The fourth-order valence-corrected chi connectivity index (χ4v) is 8.21. The van der Waals surface area contributed by atoms with Crippen LogP contribution < -0.4 is 10.6 Å². The largest absolute Gasteiger partial charge is 0.325 e. The maximum absolute atomic E-state index is 13.2. The lowest BCUT2D eigenvalue weighted by Crippen LogP contribution is -2.43. The molecule has 13 heteroatoms. The van der Waals surface area contributed by atoms with Crippen LogP contribution in [0.2, 0.25) is 10.0 Å². The number of halogens is 2. The van der Waals surface area contributed by atoms with Gasteiger partial charge in [0.1, 0.15) is 6.04 Å². The highest BCUT2D eigenvalue weighted by Gasteiger charge is 2.39. The molecule has 1 aliphatic rings. The van der Waals surface area contributed by atoms with Gasteiger partial charge < -0.3 is 10.6 Å². The number of carbonyl (C=O) groups excluding carboxylic acids is 2. The molecule has 208 valence electrons. The minimum Gasteiger partial charge on any atom is -0.325 e. The van der Waals surface area contributed by atoms with E-state index >= 15 is 0 Å². The first-order valence-electron chi connectivity index (χ1n) is 12.3. The number of nitrogens with zero attached hydrogens (tertiary/aromatic N) is 2. The first kappa shape index (κ1) is 28.8. The summed E-state index contributed by atoms with van der Waals surface area (Å²) in [6, 6.07) is 15.8. The Hall–Kier alpha value is -2.67. The minimum absolute atomic E-state index is 0.101. The summed E-state index contributed by atoms with van der Waals surface area (Å²) in [5, 5.41) is 6.72. The molecule has 2 amide bonds. The summed E-state index contributed by atoms with van der Waals surface area (Å²) >= 11 is 14.7. The minimum atomic E-state index is -3.85. The first-order chi connectivity index (χ1) is 19.1. The molecule has 4 aromatic rings. The van der Waals surface area contributed by atoms with Crippen molar-refractivity contribution in [3.05, 3.63) is 76.3 Å². The lowest BCUT2D eigenvalue weighted by atomic mass is 10.2. The van der Waals surface area contributed by atoms with Gasteiger partial charge in [-0.05, 0) is 79.9 Å². The predicted molar refractivity (Wildman–Crippen MR) is 162 cm³/mol. The van der Waals surface area contributed by atoms with Crippen LogP contribution >= 0.6 is 46.3 Å². The fourth-order valence-electron chi connectivity index (χ4n) is 4.34. The number of amides is 2. The molecule has 1 fully saturated rings. The maximum Gasteiger partial charge on any atom is 0.243 e. The van der Waals surface area contributed by atoms with Crippen LogP contribution in [0.25, 0.3) is 10.2 Å². The monoisotopic (exact) mass is 634 g/mol. The quantitative estimate of drug-likeness (QED) is 0.216. The number of nitrogens with one attached hydrogen (secondary N) is 2. The van der Waals surface area contributed by atoms with Crippen LogP contribution in [0.15, 0.2) is 69.9 Å². The second-order valence-electron chi connectivity index (χ2n) is 9.18. The second-order valence-corrected chi connectivity index (χ2v) is 14.2. The predicted octanol–water partition coefficient (Wildman–Crippen LogP) is 6.43. The van der Waals surface area contributed by atoms with E-state index in [4.69, 9.17) is 23.2 Å². The molecule has 3 aromatic carbocycles. The summed E-state index contributed by atoms with van der Waals surface area (Å²) in [7, 11) is -3.85. The average molecular weight is 636 g/mol. The Balaban J connectivity index is 1.23. The van der Waals surface area contributed by atoms with Gasteiger partial charge in [-0.15, -0.1) is 11.3 Å². The van der Waals surface area contributed by atoms with Gasteiger partial charge in [-0.25, -0.2) is 13.4 Å². The number of sulfonamides is 1. The molecule has 0 unspecified atom stereocenters. The molecular weight excluding hydrogens is 611 g/mol. The molecule has 5 rings (SSSR count). The highest BCUT2D eigenvalue weighted by atomic mass is 35.5. The lowest BCUT2D eigenvalue weighted by molar-refractivity contribution is -0.119. The Morgan fingerprint density at radius 2 is 1.80 bits per heavy atom. The molecule has 0 bridgehead atoms. The van der Waals surface area contributed by atoms with Crippen LogP contribution in [-0.4, -0.2) is 47.9 Å². The molecule has 0 spiro atoms. The molecule has 0 aliphatic carbocycles. The van der Waals surface area contributed by atoms with E-state index in [9.17, 15) is 18.0 Å². The van der Waals surface area contributed by atoms with E-state index in [0.717, 1.165) is 15.8 Å². The maximum atomic E-state index is 13.2. The Morgan fingerprint density at radius 3 is 2.58 bits per heavy atom. The molecular formula is C27H24Cl2N4O4S3. The molecule has 1 aliphatic heterocycles. The Kier molecular flexibility index (Phi) is 8.69. The normalized spacial score (nSPS) is 15.8. The number of thiazole rings is 1. The van der Waals surface area contributed by atoms with Crippen LogP contribution in [0.1, 0.15) is 18.4 Å². The topological polar surface area (TPSA) is 108 Å². The molecule has 1 saturated heterocycles. The molecule has 8 nitrogen and oxygen atoms in total. The zero-order valence-corrected chi connectivity index (χ0v) is 25.1. The molecule has 1 atom stereocenters. The van der Waals surface area contributed by atoms with Gasteiger partial charge >= 0.3 is 0 Å². The SMILES string of the molecule is Cc1ccc(Cl)cc1NC(=O)CSc1nc2ccc(NC(=O)[C@@H]3CCCN3S(=O)(=O)c3ccc(Cl)cc3)cc2s1. The van der Waals surface area contributed by atoms with Crippen LogP contribution in [-0.2, 0) is 19.6 Å². The molecule has 0 saturated carbocycles. The van der Waals surface area contributed by atoms with Crippen molar-refractivity contribution in [3.8, 4) is 0 Å². The van der Waals surface area contributed by atoms with Crippen molar-refractivity contribution in [2.24, 2.45) is 0 Å². The summed E-state index contributed by atoms with van der Waals surface area (Å²) in [5.74, 6) is -0.381. The third kappa shape index (κ3) is 6.45. The summed E-state index contributed by atoms with van der Waals surface area (Å²) in [5.41, 5.74) is 2.87. The van der Waals surface area contributed by atoms with E-state index < -0.39 is 16.1 Å². The van der Waals surface area contributed by atoms with Crippen molar-refractivity contribution in [3.63, 3.8) is 0 Å². The van der Waals surface area contributed by atoms with E-state index in [1.807, 2.05) is 13.0 Å². The van der Waals surface area contributed by atoms with Gasteiger partial charge in [0, 0.05) is 28.0 Å². The van der Waals surface area contributed by atoms with Gasteiger partial charge in [0.05, 0.1) is 20.9 Å². The molecule has 2 N–H and O–H groups in total. The number of thioether (sulfide) groups is 1. The van der Waals surface area contributed by atoms with Gasteiger partial charge in [-0.3, -0.25) is 9.59 Å². The van der Waals surface area contributed by atoms with Crippen LogP contribution in [0, 0.1) is 6.92 Å². The highest BCUT2D eigenvalue weighted by molar-refractivity contribution is 8.01. The molecule has 1 aromatic heterocycles. The van der Waals surface area contributed by atoms with Crippen LogP contribution in [0.4, 0.5) is 11.4 Å². The summed E-state index contributed by atoms with van der Waals surface area (Å²) < 4.78 is 29.2. The smallest absolute Gasteiger partial charge is 0.243 e. The Morgan fingerprint density at radius 1 is 1.05 bits per heavy atom. The fraction of sp³-hybridized carbons (Fsp3) is 0.222. The van der Waals surface area contributed by atoms with E-state index in [1.54, 1.807) is 30.3 Å². The molecule has 2 heterocycles. The summed E-state index contributed by atoms with van der Waals surface area (Å²) in [6.07, 6.45) is 1.02. The van der Waals surface area contributed by atoms with Crippen molar-refractivity contribution >= 4 is 89.7 Å². The zero-order chi connectivity index (χ0) is 28.4. The zero-order valence-electron chi connectivity index (χ0n) is 21.2. The molecule has 40 heavy (non-hydrogen) atoms. The van der Waals surface area contributed by atoms with Gasteiger partial charge in [0.25, 0.3) is 0 Å². The van der Waals surface area contributed by atoms with Gasteiger partial charge in [0.2, 0.25) is 21.8 Å². The number of carbonyl (C=O) groups is 2. The van der Waals surface area contributed by atoms with E-state index in [1.165, 1.54) is 51.7 Å². The third-order valence-electron chi connectivity index (χ3n) is 6.36. The van der Waals surface area contributed by atoms with E-state index in [0.29, 0.717) is 38.6 Å². The number of anilines is 2. The van der Waals surface area contributed by atoms with Crippen molar-refractivity contribution in [1.29, 1.82) is 0 Å². The lowest BCUT2D eigenvalue weighted by Gasteiger charge is -2.23. The third-order valence-corrected chi connectivity index (χ3v) is 10.9. The number of fused-ring (bicyclic) bond motifs is 1. The van der Waals surface area contributed by atoms with Crippen LogP contribution in [0.5, 0.6) is 0 Å². The summed E-state index contributed by atoms with van der Waals surface area (Å²) in [4.78, 5) is 30.3. The number of benzene rings is 3. The number of aryl methyl sites for hydroxylation is 1. The number of hydrogen-bond donors (Lipinski definition) is 2.